The molecule has 1 N–H and O–H groups in total. The predicted octanol–water partition coefficient (Wildman–Crippen LogP) is 5.27. The number of hydrogen-bond acceptors (Lipinski definition) is 2. The van der Waals surface area contributed by atoms with Crippen LogP contribution in [0.25, 0.3) is 0 Å². The lowest BCUT2D eigenvalue weighted by Gasteiger charge is -2.24. The van der Waals surface area contributed by atoms with Crippen LogP contribution in [0.15, 0.2) is 34.8 Å². The Hall–Kier alpha value is -0.640. The van der Waals surface area contributed by atoms with Gasteiger partial charge in [-0.3, -0.25) is 0 Å². The third-order valence-corrected chi connectivity index (χ3v) is 6.34. The molecule has 0 fully saturated rings. The summed E-state index contributed by atoms with van der Waals surface area (Å²) in [6, 6.07) is 11.6. The highest BCUT2D eigenvalue weighted by Gasteiger charge is 2.31. The summed E-state index contributed by atoms with van der Waals surface area (Å²) in [5.41, 5.74) is 3.07. The highest BCUT2D eigenvalue weighted by Crippen LogP contribution is 2.41. The van der Waals surface area contributed by atoms with Crippen molar-refractivity contribution in [3.8, 4) is 0 Å². The second-order valence-corrected chi connectivity index (χ2v) is 8.08. The average molecular weight is 364 g/mol. The topological polar surface area (TPSA) is 12.0 Å². The van der Waals surface area contributed by atoms with E-state index < -0.39 is 0 Å². The van der Waals surface area contributed by atoms with Crippen LogP contribution in [0, 0.1) is 12.8 Å². The van der Waals surface area contributed by atoms with E-state index in [1.54, 1.807) is 0 Å². The predicted molar refractivity (Wildman–Crippen MR) is 95.1 cm³/mol. The first-order valence-corrected chi connectivity index (χ1v) is 9.36. The summed E-state index contributed by atoms with van der Waals surface area (Å²) in [7, 11) is 0. The van der Waals surface area contributed by atoms with Crippen LogP contribution >= 0.6 is 27.3 Å². The maximum Gasteiger partial charge on any atom is 0.0461 e. The molecule has 1 heterocycles. The van der Waals surface area contributed by atoms with E-state index >= 15 is 0 Å². The molecule has 0 radical (unpaired) electrons. The largest absolute Gasteiger partial charge is 0.309 e. The van der Waals surface area contributed by atoms with Gasteiger partial charge in [0.25, 0.3) is 0 Å². The number of benzene rings is 1. The summed E-state index contributed by atoms with van der Waals surface area (Å²) in [6.45, 7) is 5.52. The van der Waals surface area contributed by atoms with Gasteiger partial charge in [0.15, 0.2) is 0 Å². The molecule has 3 rings (SSSR count). The smallest absolute Gasteiger partial charge is 0.0461 e. The summed E-state index contributed by atoms with van der Waals surface area (Å²) in [5.74, 6) is 0.670. The number of hydrogen-bond donors (Lipinski definition) is 1. The molecule has 1 unspecified atom stereocenters. The van der Waals surface area contributed by atoms with Gasteiger partial charge in [0.05, 0.1) is 0 Å². The molecule has 0 spiro atoms. The van der Waals surface area contributed by atoms with E-state index in [1.807, 2.05) is 11.3 Å². The van der Waals surface area contributed by atoms with Crippen LogP contribution in [0.1, 0.15) is 40.3 Å². The van der Waals surface area contributed by atoms with E-state index in [1.165, 1.54) is 44.6 Å². The van der Waals surface area contributed by atoms with Crippen molar-refractivity contribution in [1.29, 1.82) is 0 Å². The van der Waals surface area contributed by atoms with Crippen LogP contribution in [-0.2, 0) is 12.8 Å². The molecule has 2 aromatic rings. The number of thiophene rings is 1. The molecule has 1 aromatic carbocycles. The van der Waals surface area contributed by atoms with E-state index in [0.29, 0.717) is 12.0 Å². The van der Waals surface area contributed by atoms with Crippen molar-refractivity contribution >= 4 is 27.3 Å². The first-order chi connectivity index (χ1) is 10.2. The second-order valence-electron chi connectivity index (χ2n) is 5.94. The lowest BCUT2D eigenvalue weighted by Crippen LogP contribution is -2.29. The fourth-order valence-electron chi connectivity index (χ4n) is 3.32. The van der Waals surface area contributed by atoms with E-state index in [9.17, 15) is 0 Å². The third kappa shape index (κ3) is 3.25. The molecule has 1 aliphatic rings. The minimum Gasteiger partial charge on any atom is -0.309 e. The van der Waals surface area contributed by atoms with Gasteiger partial charge >= 0.3 is 0 Å². The van der Waals surface area contributed by atoms with Crippen molar-refractivity contribution in [2.75, 3.05) is 6.54 Å². The highest BCUT2D eigenvalue weighted by molar-refractivity contribution is 9.10. The Balaban J connectivity index is 1.86. The molecule has 21 heavy (non-hydrogen) atoms. The lowest BCUT2D eigenvalue weighted by atomic mass is 9.95. The number of nitrogens with one attached hydrogen (secondary N) is 1. The molecular weight excluding hydrogens is 342 g/mol. The molecule has 0 saturated carbocycles. The van der Waals surface area contributed by atoms with Crippen LogP contribution in [0.5, 0.6) is 0 Å². The Kier molecular flexibility index (Phi) is 4.82. The van der Waals surface area contributed by atoms with Crippen molar-refractivity contribution in [3.63, 3.8) is 0 Å². The standard InChI is InChI=1S/C18H22BrNS/c1-3-8-20-17(18-16(19)9-12(2)21-18)15-10-13-6-4-5-7-14(13)11-15/h4-7,9,15,17,20H,3,8,10-11H2,1-2H3. The molecule has 3 heteroatoms. The zero-order valence-electron chi connectivity index (χ0n) is 12.7. The van der Waals surface area contributed by atoms with Crippen LogP contribution in [0.4, 0.5) is 0 Å². The van der Waals surface area contributed by atoms with Gasteiger partial charge in [-0.25, -0.2) is 0 Å². The van der Waals surface area contributed by atoms with Gasteiger partial charge in [-0.2, -0.15) is 0 Å². The van der Waals surface area contributed by atoms with Crippen LogP contribution < -0.4 is 5.32 Å². The van der Waals surface area contributed by atoms with Gasteiger partial charge in [-0.1, -0.05) is 31.2 Å². The molecule has 0 saturated heterocycles. The van der Waals surface area contributed by atoms with Crippen LogP contribution in [0.3, 0.4) is 0 Å². The SMILES string of the molecule is CCCNC(c1sc(C)cc1Br)C1Cc2ccccc2C1. The zero-order valence-corrected chi connectivity index (χ0v) is 15.1. The molecule has 1 aliphatic carbocycles. The third-order valence-electron chi connectivity index (χ3n) is 4.29. The zero-order chi connectivity index (χ0) is 14.8. The van der Waals surface area contributed by atoms with Crippen molar-refractivity contribution in [2.45, 2.75) is 39.2 Å². The van der Waals surface area contributed by atoms with E-state index in [2.05, 4.69) is 65.4 Å². The maximum absolute atomic E-state index is 3.80. The molecule has 0 bridgehead atoms. The average Bonchev–Trinajstić information content (AvgIpc) is 3.03. The van der Waals surface area contributed by atoms with Crippen LogP contribution in [0.2, 0.25) is 0 Å². The molecule has 1 nitrogen and oxygen atoms in total. The van der Waals surface area contributed by atoms with Crippen molar-refractivity contribution in [2.24, 2.45) is 5.92 Å². The van der Waals surface area contributed by atoms with Crippen molar-refractivity contribution in [3.05, 3.63) is 55.7 Å². The number of rotatable bonds is 5. The van der Waals surface area contributed by atoms with Crippen molar-refractivity contribution < 1.29 is 0 Å². The number of fused-ring (bicyclic) bond motifs is 1. The maximum atomic E-state index is 3.80. The quantitative estimate of drug-likeness (QED) is 0.762. The summed E-state index contributed by atoms with van der Waals surface area (Å²) >= 11 is 5.69. The van der Waals surface area contributed by atoms with E-state index in [0.717, 1.165) is 6.54 Å². The molecule has 0 aliphatic heterocycles. The first-order valence-electron chi connectivity index (χ1n) is 7.75. The fraction of sp³-hybridized carbons (Fsp3) is 0.444. The number of halogens is 1. The summed E-state index contributed by atoms with van der Waals surface area (Å²) in [4.78, 5) is 2.86. The summed E-state index contributed by atoms with van der Waals surface area (Å²) in [5, 5.41) is 3.80. The van der Waals surface area contributed by atoms with Gasteiger partial charge in [0.1, 0.15) is 0 Å². The van der Waals surface area contributed by atoms with E-state index in [4.69, 9.17) is 0 Å². The molecule has 0 amide bonds. The Morgan fingerprint density at radius 1 is 1.29 bits per heavy atom. The van der Waals surface area contributed by atoms with Gasteiger partial charge in [-0.05, 0) is 71.8 Å². The summed E-state index contributed by atoms with van der Waals surface area (Å²) < 4.78 is 1.27. The second kappa shape index (κ2) is 6.64. The van der Waals surface area contributed by atoms with Gasteiger partial charge in [0, 0.05) is 20.3 Å². The normalized spacial score (nSPS) is 16.1. The lowest BCUT2D eigenvalue weighted by molar-refractivity contribution is 0.378. The fourth-order valence-corrected chi connectivity index (χ4v) is 5.38. The molecule has 112 valence electrons. The Bertz CT molecular complexity index is 594. The molecule has 1 atom stereocenters. The van der Waals surface area contributed by atoms with E-state index in [-0.39, 0.29) is 0 Å². The minimum atomic E-state index is 0.463. The van der Waals surface area contributed by atoms with Crippen LogP contribution in [-0.4, -0.2) is 6.54 Å². The van der Waals surface area contributed by atoms with Gasteiger partial charge in [-0.15, -0.1) is 11.3 Å². The monoisotopic (exact) mass is 363 g/mol. The van der Waals surface area contributed by atoms with Gasteiger partial charge in [0.2, 0.25) is 0 Å². The Morgan fingerprint density at radius 2 is 1.95 bits per heavy atom. The Morgan fingerprint density at radius 3 is 2.48 bits per heavy atom. The number of aryl methyl sites for hydroxylation is 1. The summed E-state index contributed by atoms with van der Waals surface area (Å²) in [6.07, 6.45) is 3.57. The van der Waals surface area contributed by atoms with Gasteiger partial charge < -0.3 is 5.32 Å². The van der Waals surface area contributed by atoms with Crippen molar-refractivity contribution in [1.82, 2.24) is 5.32 Å². The Labute approximate surface area is 139 Å². The first kappa shape index (κ1) is 15.3. The minimum absolute atomic E-state index is 0.463. The molecule has 1 aromatic heterocycles. The molecular formula is C18H22BrNS. The highest BCUT2D eigenvalue weighted by atomic mass is 79.9.